The third-order valence-corrected chi connectivity index (χ3v) is 8.17. The maximum atomic E-state index is 5.88. The Morgan fingerprint density at radius 3 is 1.35 bits per heavy atom. The summed E-state index contributed by atoms with van der Waals surface area (Å²) in [4.78, 5) is 0. The first kappa shape index (κ1) is 16.8. The van der Waals surface area contributed by atoms with Crippen molar-refractivity contribution in [2.75, 3.05) is 0 Å². The van der Waals surface area contributed by atoms with Gasteiger partial charge in [0.15, 0.2) is 9.76 Å². The fraction of sp³-hybridized carbons (Fsp3) is 1.00. The predicted molar refractivity (Wildman–Crippen MR) is 93.5 cm³/mol. The van der Waals surface area contributed by atoms with Gasteiger partial charge in [0.2, 0.25) is 0 Å². The molecule has 2 saturated carbocycles. The highest BCUT2D eigenvalue weighted by atomic mass is 28.3. The van der Waals surface area contributed by atoms with E-state index in [9.17, 15) is 0 Å². The lowest BCUT2D eigenvalue weighted by atomic mass is 9.79. The van der Waals surface area contributed by atoms with Gasteiger partial charge in [0.05, 0.1) is 0 Å². The van der Waals surface area contributed by atoms with Gasteiger partial charge in [-0.3, -0.25) is 0 Å². The quantitative estimate of drug-likeness (QED) is 0.709. The van der Waals surface area contributed by atoms with Gasteiger partial charge in [-0.2, -0.15) is 0 Å². The molecule has 0 saturated heterocycles. The van der Waals surface area contributed by atoms with Gasteiger partial charge >= 0.3 is 0 Å². The molecule has 2 aliphatic carbocycles. The third kappa shape index (κ3) is 5.65. The first-order chi connectivity index (χ1) is 9.92. The van der Waals surface area contributed by atoms with Crippen LogP contribution < -0.4 is 0 Å². The predicted octanol–water partition coefficient (Wildman–Crippen LogP) is 4.14. The normalized spacial score (nSPS) is 25.1. The fourth-order valence-corrected chi connectivity index (χ4v) is 6.98. The second kappa shape index (κ2) is 10.2. The van der Waals surface area contributed by atoms with Gasteiger partial charge < -0.3 is 4.12 Å². The van der Waals surface area contributed by atoms with Crippen molar-refractivity contribution in [3.8, 4) is 0 Å². The smallest absolute Gasteiger partial charge is 0.181 e. The van der Waals surface area contributed by atoms with Crippen LogP contribution >= 0.6 is 0 Å². The molecule has 2 rings (SSSR count). The van der Waals surface area contributed by atoms with E-state index in [2.05, 4.69) is 0 Å². The molecule has 0 aromatic heterocycles. The van der Waals surface area contributed by atoms with Crippen molar-refractivity contribution in [2.45, 2.75) is 95.4 Å². The average molecular weight is 312 g/mol. The lowest BCUT2D eigenvalue weighted by molar-refractivity contribution is 0.257. The Kier molecular flexibility index (Phi) is 8.53. The van der Waals surface area contributed by atoms with Crippen molar-refractivity contribution >= 4 is 20.2 Å². The Morgan fingerprint density at radius 2 is 1.00 bits per heavy atom. The molecular formula is C17H35OSi2. The van der Waals surface area contributed by atoms with Gasteiger partial charge in [-0.05, 0) is 17.4 Å². The molecular weight excluding hydrogens is 276 g/mol. The molecule has 0 N–H and O–H groups in total. The van der Waals surface area contributed by atoms with E-state index in [-0.39, 0.29) is 9.76 Å². The van der Waals surface area contributed by atoms with E-state index in [4.69, 9.17) is 4.12 Å². The van der Waals surface area contributed by atoms with Gasteiger partial charge in [0.1, 0.15) is 10.5 Å². The van der Waals surface area contributed by atoms with Crippen LogP contribution in [0.4, 0.5) is 0 Å². The van der Waals surface area contributed by atoms with E-state index in [1.54, 1.807) is 0 Å². The van der Waals surface area contributed by atoms with Gasteiger partial charge in [0.25, 0.3) is 0 Å². The largest absolute Gasteiger partial charge is 0.466 e. The van der Waals surface area contributed by atoms with E-state index >= 15 is 0 Å². The Hall–Kier alpha value is 0.394. The first-order valence-corrected chi connectivity index (χ1v) is 11.2. The summed E-state index contributed by atoms with van der Waals surface area (Å²) in [6.45, 7) is 0. The number of rotatable bonds is 4. The van der Waals surface area contributed by atoms with Crippen LogP contribution in [0.25, 0.3) is 0 Å². The molecule has 0 spiro atoms. The van der Waals surface area contributed by atoms with Crippen LogP contribution in [0, 0.1) is 11.8 Å². The molecule has 1 radical (unpaired) electrons. The highest BCUT2D eigenvalue weighted by Crippen LogP contribution is 2.41. The minimum absolute atomic E-state index is 0.286. The molecule has 0 aliphatic heterocycles. The maximum absolute atomic E-state index is 5.88. The first-order valence-electron chi connectivity index (χ1n) is 9.28. The third-order valence-electron chi connectivity index (χ3n) is 5.68. The molecule has 117 valence electrons. The average Bonchev–Trinajstić information content (AvgIpc) is 2.36. The molecule has 0 amide bonds. The van der Waals surface area contributed by atoms with Crippen molar-refractivity contribution in [1.82, 2.24) is 0 Å². The zero-order chi connectivity index (χ0) is 14.0. The minimum atomic E-state index is 0.286. The Balaban J connectivity index is 1.94. The van der Waals surface area contributed by atoms with Crippen LogP contribution in [-0.4, -0.2) is 20.2 Å². The van der Waals surface area contributed by atoms with Crippen molar-refractivity contribution in [3.05, 3.63) is 0 Å². The Bertz CT molecular complexity index is 209. The highest BCUT2D eigenvalue weighted by molar-refractivity contribution is 6.36. The van der Waals surface area contributed by atoms with Crippen molar-refractivity contribution < 1.29 is 4.12 Å². The van der Waals surface area contributed by atoms with Crippen molar-refractivity contribution in [3.63, 3.8) is 0 Å². The molecule has 0 aromatic rings. The standard InChI is InChI=1S/C17H35OSi2/c19-18-20-17(15-11-7-3-1-4-8-12-15)16-13-9-5-2-6-10-14-16/h15-17,20H,1-14H2,19H3. The van der Waals surface area contributed by atoms with Crippen LogP contribution in [0.2, 0.25) is 5.54 Å². The molecule has 0 unspecified atom stereocenters. The van der Waals surface area contributed by atoms with E-state index in [1.165, 1.54) is 89.9 Å². The topological polar surface area (TPSA) is 9.23 Å². The SMILES string of the molecule is [SiH3]O[SiH]C(C1CCCCCCC1)C1CCCCCCC1. The minimum Gasteiger partial charge on any atom is -0.466 e. The summed E-state index contributed by atoms with van der Waals surface area (Å²) in [6, 6.07) is 0. The molecule has 1 nitrogen and oxygen atoms in total. The van der Waals surface area contributed by atoms with Crippen molar-refractivity contribution in [2.24, 2.45) is 11.8 Å². The maximum Gasteiger partial charge on any atom is 0.181 e. The summed E-state index contributed by atoms with van der Waals surface area (Å²) in [5.74, 6) is 2.03. The van der Waals surface area contributed by atoms with Crippen LogP contribution in [0.3, 0.4) is 0 Å². The molecule has 0 heterocycles. The summed E-state index contributed by atoms with van der Waals surface area (Å²) in [6.07, 6.45) is 21.0. The molecule has 3 heteroatoms. The van der Waals surface area contributed by atoms with E-state index in [1.807, 2.05) is 0 Å². The second-order valence-corrected chi connectivity index (χ2v) is 10.1. The van der Waals surface area contributed by atoms with E-state index < -0.39 is 0 Å². The van der Waals surface area contributed by atoms with E-state index in [0.717, 1.165) is 27.9 Å². The molecule has 0 atom stereocenters. The van der Waals surface area contributed by atoms with Crippen LogP contribution in [0.15, 0.2) is 0 Å². The molecule has 0 bridgehead atoms. The lowest BCUT2D eigenvalue weighted by Gasteiger charge is -2.35. The molecule has 2 fully saturated rings. The fourth-order valence-electron chi connectivity index (χ4n) is 4.51. The zero-order valence-corrected chi connectivity index (χ0v) is 16.8. The van der Waals surface area contributed by atoms with Crippen molar-refractivity contribution in [1.29, 1.82) is 0 Å². The number of hydrogen-bond donors (Lipinski definition) is 0. The summed E-state index contributed by atoms with van der Waals surface area (Å²) >= 11 is 0. The Labute approximate surface area is 132 Å². The molecule has 2 aliphatic rings. The van der Waals surface area contributed by atoms with Crippen LogP contribution in [0.1, 0.15) is 89.9 Å². The molecule has 20 heavy (non-hydrogen) atoms. The van der Waals surface area contributed by atoms with Gasteiger partial charge in [-0.15, -0.1) is 0 Å². The van der Waals surface area contributed by atoms with E-state index in [0.29, 0.717) is 0 Å². The highest BCUT2D eigenvalue weighted by Gasteiger charge is 2.30. The summed E-state index contributed by atoms with van der Waals surface area (Å²) < 4.78 is 5.88. The zero-order valence-electron chi connectivity index (χ0n) is 13.6. The van der Waals surface area contributed by atoms with Gasteiger partial charge in [-0.1, -0.05) is 89.9 Å². The monoisotopic (exact) mass is 311 g/mol. The number of hydrogen-bond acceptors (Lipinski definition) is 1. The van der Waals surface area contributed by atoms with Gasteiger partial charge in [-0.25, -0.2) is 0 Å². The summed E-state index contributed by atoms with van der Waals surface area (Å²) in [5.41, 5.74) is 0.976. The Morgan fingerprint density at radius 1 is 0.650 bits per heavy atom. The van der Waals surface area contributed by atoms with Crippen LogP contribution in [0.5, 0.6) is 0 Å². The van der Waals surface area contributed by atoms with Crippen LogP contribution in [-0.2, 0) is 4.12 Å². The second-order valence-electron chi connectivity index (χ2n) is 7.16. The molecule has 0 aromatic carbocycles. The summed E-state index contributed by atoms with van der Waals surface area (Å²) in [7, 11) is 1.25. The lowest BCUT2D eigenvalue weighted by Crippen LogP contribution is -2.26. The summed E-state index contributed by atoms with van der Waals surface area (Å²) in [5, 5.41) is 0. The van der Waals surface area contributed by atoms with Gasteiger partial charge in [0, 0.05) is 0 Å².